The number of benzene rings is 1. The molecule has 0 aliphatic heterocycles. The molecule has 1 atom stereocenters. The molecule has 15 heavy (non-hydrogen) atoms. The zero-order valence-corrected chi connectivity index (χ0v) is 11.4. The third-order valence-corrected chi connectivity index (χ3v) is 3.14. The number of hydrogen-bond acceptors (Lipinski definition) is 0. The molecule has 0 aliphatic carbocycles. The van der Waals surface area contributed by atoms with Gasteiger partial charge in [-0.1, -0.05) is 49.5 Å². The second kappa shape index (κ2) is 4.68. The summed E-state index contributed by atoms with van der Waals surface area (Å²) in [7, 11) is -1.22. The van der Waals surface area contributed by atoms with E-state index in [-0.39, 0.29) is 0 Å². The highest BCUT2D eigenvalue weighted by Gasteiger charge is 2.08. The van der Waals surface area contributed by atoms with Gasteiger partial charge in [0.1, 0.15) is 8.07 Å². The van der Waals surface area contributed by atoms with Crippen molar-refractivity contribution in [1.82, 2.24) is 0 Å². The molecule has 0 nitrogen and oxygen atoms in total. The lowest BCUT2D eigenvalue weighted by Gasteiger charge is -2.08. The molecule has 0 bridgehead atoms. The number of rotatable bonds is 1. The summed E-state index contributed by atoms with van der Waals surface area (Å²) >= 11 is 0. The average molecular weight is 216 g/mol. The van der Waals surface area contributed by atoms with Crippen LogP contribution in [0, 0.1) is 18.4 Å². The van der Waals surface area contributed by atoms with Crippen molar-refractivity contribution in [2.75, 3.05) is 0 Å². The number of aryl methyl sites for hydroxylation is 1. The number of hydrogen-bond donors (Lipinski definition) is 0. The van der Waals surface area contributed by atoms with Gasteiger partial charge in [-0.15, -0.1) is 11.5 Å². The first-order valence-corrected chi connectivity index (χ1v) is 8.98. The van der Waals surface area contributed by atoms with Crippen LogP contribution >= 0.6 is 0 Å². The van der Waals surface area contributed by atoms with Gasteiger partial charge in [0.2, 0.25) is 0 Å². The Morgan fingerprint density at radius 1 is 1.07 bits per heavy atom. The molecule has 0 amide bonds. The Balaban J connectivity index is 2.80. The lowest BCUT2D eigenvalue weighted by molar-refractivity contribution is 1.00. The van der Waals surface area contributed by atoms with Crippen LogP contribution in [-0.4, -0.2) is 8.07 Å². The highest BCUT2D eigenvalue weighted by molar-refractivity contribution is 6.83. The van der Waals surface area contributed by atoms with Crippen LogP contribution < -0.4 is 0 Å². The summed E-state index contributed by atoms with van der Waals surface area (Å²) < 4.78 is 0. The first kappa shape index (κ1) is 12.1. The van der Waals surface area contributed by atoms with E-state index in [0.29, 0.717) is 5.92 Å². The monoisotopic (exact) mass is 216 g/mol. The molecule has 0 unspecified atom stereocenters. The third kappa shape index (κ3) is 4.36. The van der Waals surface area contributed by atoms with Gasteiger partial charge in [-0.25, -0.2) is 0 Å². The van der Waals surface area contributed by atoms with Gasteiger partial charge < -0.3 is 0 Å². The molecule has 0 saturated heterocycles. The highest BCUT2D eigenvalue weighted by Crippen LogP contribution is 2.15. The van der Waals surface area contributed by atoms with Crippen LogP contribution in [0.5, 0.6) is 0 Å². The van der Waals surface area contributed by atoms with E-state index in [1.165, 1.54) is 11.1 Å². The Morgan fingerprint density at radius 3 is 2.07 bits per heavy atom. The van der Waals surface area contributed by atoms with E-state index in [9.17, 15) is 0 Å². The fourth-order valence-electron chi connectivity index (χ4n) is 1.26. The average Bonchev–Trinajstić information content (AvgIpc) is 2.14. The molecule has 0 N–H and O–H groups in total. The summed E-state index contributed by atoms with van der Waals surface area (Å²) in [5, 5.41) is 0. The molecule has 1 aromatic rings. The molecular weight excluding hydrogens is 196 g/mol. The first-order chi connectivity index (χ1) is 6.88. The van der Waals surface area contributed by atoms with Gasteiger partial charge in [-0.3, -0.25) is 0 Å². The van der Waals surface area contributed by atoms with E-state index in [4.69, 9.17) is 0 Å². The van der Waals surface area contributed by atoms with E-state index >= 15 is 0 Å². The van der Waals surface area contributed by atoms with E-state index in [1.807, 2.05) is 0 Å². The molecule has 0 aromatic heterocycles. The molecule has 0 spiro atoms. The second-order valence-corrected chi connectivity index (χ2v) is 9.90. The smallest absolute Gasteiger partial charge is 0.129 e. The predicted octanol–water partition coefficient (Wildman–Crippen LogP) is 3.98. The van der Waals surface area contributed by atoms with Gasteiger partial charge in [0.25, 0.3) is 0 Å². The molecule has 0 aliphatic rings. The predicted molar refractivity (Wildman–Crippen MR) is 70.7 cm³/mol. The summed E-state index contributed by atoms with van der Waals surface area (Å²) in [6.07, 6.45) is 0. The molecule has 1 rings (SSSR count). The van der Waals surface area contributed by atoms with Crippen molar-refractivity contribution in [3.8, 4) is 11.5 Å². The van der Waals surface area contributed by atoms with Crippen molar-refractivity contribution >= 4 is 8.07 Å². The quantitative estimate of drug-likeness (QED) is 0.492. The van der Waals surface area contributed by atoms with Gasteiger partial charge in [0.05, 0.1) is 0 Å². The fourth-order valence-corrected chi connectivity index (χ4v) is 1.91. The molecule has 0 radical (unpaired) electrons. The molecular formula is C14H20Si. The van der Waals surface area contributed by atoms with Crippen LogP contribution in [0.1, 0.15) is 24.0 Å². The van der Waals surface area contributed by atoms with Crippen LogP contribution in [0.2, 0.25) is 19.6 Å². The molecule has 0 heterocycles. The van der Waals surface area contributed by atoms with Crippen LogP contribution in [0.3, 0.4) is 0 Å². The van der Waals surface area contributed by atoms with E-state index < -0.39 is 8.07 Å². The lowest BCUT2D eigenvalue weighted by Crippen LogP contribution is -2.16. The Labute approximate surface area is 94.7 Å². The largest absolute Gasteiger partial charge is 0.131 e. The van der Waals surface area contributed by atoms with Crippen molar-refractivity contribution in [1.29, 1.82) is 0 Å². The zero-order valence-electron chi connectivity index (χ0n) is 10.4. The van der Waals surface area contributed by atoms with Crippen LogP contribution in [0.15, 0.2) is 24.3 Å². The van der Waals surface area contributed by atoms with Crippen LogP contribution in [-0.2, 0) is 0 Å². The van der Waals surface area contributed by atoms with E-state index in [1.54, 1.807) is 0 Å². The van der Waals surface area contributed by atoms with Crippen LogP contribution in [0.4, 0.5) is 0 Å². The summed E-state index contributed by atoms with van der Waals surface area (Å²) in [6, 6.07) is 8.67. The van der Waals surface area contributed by atoms with Gasteiger partial charge in [-0.2, -0.15) is 0 Å². The van der Waals surface area contributed by atoms with Crippen molar-refractivity contribution in [3.63, 3.8) is 0 Å². The minimum absolute atomic E-state index is 0.359. The summed E-state index contributed by atoms with van der Waals surface area (Å²) in [5.41, 5.74) is 6.06. The molecule has 0 fully saturated rings. The summed E-state index contributed by atoms with van der Waals surface area (Å²) in [4.78, 5) is 0. The topological polar surface area (TPSA) is 0 Å². The maximum Gasteiger partial charge on any atom is 0.129 e. The van der Waals surface area contributed by atoms with Crippen molar-refractivity contribution in [3.05, 3.63) is 35.4 Å². The summed E-state index contributed by atoms with van der Waals surface area (Å²) in [6.45, 7) is 11.1. The maximum absolute atomic E-state index is 3.42. The fraction of sp³-hybridized carbons (Fsp3) is 0.429. The van der Waals surface area contributed by atoms with Crippen LogP contribution in [0.25, 0.3) is 0 Å². The van der Waals surface area contributed by atoms with Gasteiger partial charge in [0.15, 0.2) is 0 Å². The normalized spacial score (nSPS) is 12.9. The van der Waals surface area contributed by atoms with E-state index in [2.05, 4.69) is 69.2 Å². The highest BCUT2D eigenvalue weighted by atomic mass is 28.3. The first-order valence-electron chi connectivity index (χ1n) is 5.48. The molecule has 1 heteroatoms. The zero-order chi connectivity index (χ0) is 11.5. The third-order valence-electron chi connectivity index (χ3n) is 2.24. The van der Waals surface area contributed by atoms with E-state index in [0.717, 1.165) is 0 Å². The Hall–Kier alpha value is -1.00. The SMILES string of the molecule is Cc1ccc([C@@H](C)C#C[Si](C)(C)C)cc1. The molecule has 0 saturated carbocycles. The Kier molecular flexibility index (Phi) is 3.76. The minimum atomic E-state index is -1.22. The maximum atomic E-state index is 3.42. The molecule has 1 aromatic carbocycles. The minimum Gasteiger partial charge on any atom is -0.131 e. The Morgan fingerprint density at radius 2 is 1.60 bits per heavy atom. The van der Waals surface area contributed by atoms with Crippen molar-refractivity contribution in [2.24, 2.45) is 0 Å². The van der Waals surface area contributed by atoms with Gasteiger partial charge in [-0.05, 0) is 19.4 Å². The van der Waals surface area contributed by atoms with Gasteiger partial charge in [0, 0.05) is 5.92 Å². The van der Waals surface area contributed by atoms with Gasteiger partial charge >= 0.3 is 0 Å². The lowest BCUT2D eigenvalue weighted by atomic mass is 10.0. The van der Waals surface area contributed by atoms with Crippen molar-refractivity contribution in [2.45, 2.75) is 39.4 Å². The summed E-state index contributed by atoms with van der Waals surface area (Å²) in [5.74, 6) is 3.73. The molecule has 80 valence electrons. The van der Waals surface area contributed by atoms with Crippen molar-refractivity contribution < 1.29 is 0 Å². The second-order valence-electron chi connectivity index (χ2n) is 5.15. The Bertz CT molecular complexity index is 371. The standard InChI is InChI=1S/C14H20Si/c1-12-6-8-14(9-7-12)13(2)10-11-15(3,4)5/h6-9,13H,1-5H3/t13-/m0/s1.